The van der Waals surface area contributed by atoms with Crippen molar-refractivity contribution < 1.29 is 4.74 Å². The molecule has 4 nitrogen and oxygen atoms in total. The zero-order chi connectivity index (χ0) is 12.3. The van der Waals surface area contributed by atoms with Crippen LogP contribution in [0, 0.1) is 0 Å². The Morgan fingerprint density at radius 1 is 1.59 bits per heavy atom. The summed E-state index contributed by atoms with van der Waals surface area (Å²) in [7, 11) is 0. The second-order valence-corrected chi connectivity index (χ2v) is 4.82. The maximum absolute atomic E-state index is 5.77. The Bertz CT molecular complexity index is 350. The summed E-state index contributed by atoms with van der Waals surface area (Å²) in [5.74, 6) is 1.04. The molecule has 2 rings (SSSR count). The first-order valence-electron chi connectivity index (χ1n) is 6.21. The van der Waals surface area contributed by atoms with E-state index in [1.165, 1.54) is 5.56 Å². The quantitative estimate of drug-likeness (QED) is 0.855. The summed E-state index contributed by atoms with van der Waals surface area (Å²) in [5.41, 5.74) is 6.97. The average Bonchev–Trinajstić information content (AvgIpc) is 2.30. The molecule has 4 heteroatoms. The van der Waals surface area contributed by atoms with Crippen molar-refractivity contribution in [3.8, 4) is 0 Å². The standard InChI is InChI=1S/C13H21N3O/c1-10(14)7-12-3-4-13(15-8-12)16-5-6-17-9-11(16)2/h3-4,8,10-11H,5-7,9,14H2,1-2H3. The molecule has 1 aromatic rings. The van der Waals surface area contributed by atoms with Gasteiger partial charge in [0.2, 0.25) is 0 Å². The van der Waals surface area contributed by atoms with E-state index in [9.17, 15) is 0 Å². The highest BCUT2D eigenvalue weighted by Crippen LogP contribution is 2.17. The second-order valence-electron chi connectivity index (χ2n) is 4.82. The van der Waals surface area contributed by atoms with Crippen molar-refractivity contribution in [3.05, 3.63) is 23.9 Å². The van der Waals surface area contributed by atoms with E-state index in [-0.39, 0.29) is 6.04 Å². The van der Waals surface area contributed by atoms with E-state index in [2.05, 4.69) is 28.9 Å². The maximum Gasteiger partial charge on any atom is 0.128 e. The van der Waals surface area contributed by atoms with Gasteiger partial charge >= 0.3 is 0 Å². The SMILES string of the molecule is CC(N)Cc1ccc(N2CCOCC2C)nc1. The number of ether oxygens (including phenoxy) is 1. The lowest BCUT2D eigenvalue weighted by Crippen LogP contribution is -2.44. The van der Waals surface area contributed by atoms with E-state index in [1.807, 2.05) is 13.1 Å². The molecule has 0 bridgehead atoms. The summed E-state index contributed by atoms with van der Waals surface area (Å²) >= 11 is 0. The van der Waals surface area contributed by atoms with Crippen LogP contribution >= 0.6 is 0 Å². The molecule has 1 fully saturated rings. The number of pyridine rings is 1. The number of hydrogen-bond donors (Lipinski definition) is 1. The van der Waals surface area contributed by atoms with Crippen molar-refractivity contribution in [2.75, 3.05) is 24.7 Å². The first-order valence-corrected chi connectivity index (χ1v) is 6.21. The van der Waals surface area contributed by atoms with Crippen LogP contribution in [-0.2, 0) is 11.2 Å². The van der Waals surface area contributed by atoms with Crippen LogP contribution in [0.5, 0.6) is 0 Å². The Kier molecular flexibility index (Phi) is 3.97. The molecule has 17 heavy (non-hydrogen) atoms. The molecule has 2 atom stereocenters. The maximum atomic E-state index is 5.77. The molecule has 1 saturated heterocycles. The van der Waals surface area contributed by atoms with Crippen LogP contribution in [0.3, 0.4) is 0 Å². The zero-order valence-corrected chi connectivity index (χ0v) is 10.6. The fourth-order valence-electron chi connectivity index (χ4n) is 2.15. The third kappa shape index (κ3) is 3.17. The van der Waals surface area contributed by atoms with Crippen molar-refractivity contribution in [2.24, 2.45) is 5.73 Å². The molecule has 1 aliphatic rings. The fourth-order valence-corrected chi connectivity index (χ4v) is 2.15. The smallest absolute Gasteiger partial charge is 0.128 e. The van der Waals surface area contributed by atoms with Crippen LogP contribution < -0.4 is 10.6 Å². The van der Waals surface area contributed by atoms with Gasteiger partial charge in [-0.1, -0.05) is 6.07 Å². The molecule has 0 saturated carbocycles. The molecule has 1 aliphatic heterocycles. The summed E-state index contributed by atoms with van der Waals surface area (Å²) in [5, 5.41) is 0. The van der Waals surface area contributed by atoms with E-state index in [0.29, 0.717) is 6.04 Å². The molecule has 0 aliphatic carbocycles. The predicted octanol–water partition coefficient (Wildman–Crippen LogP) is 1.20. The molecule has 0 radical (unpaired) electrons. The lowest BCUT2D eigenvalue weighted by molar-refractivity contribution is 0.0985. The number of morpholine rings is 1. The minimum absolute atomic E-state index is 0.185. The molecule has 2 N–H and O–H groups in total. The van der Waals surface area contributed by atoms with Gasteiger partial charge < -0.3 is 15.4 Å². The first kappa shape index (κ1) is 12.3. The van der Waals surface area contributed by atoms with E-state index in [4.69, 9.17) is 10.5 Å². The number of nitrogens with two attached hydrogens (primary N) is 1. The van der Waals surface area contributed by atoms with Crippen LogP contribution in [0.2, 0.25) is 0 Å². The third-order valence-corrected chi connectivity index (χ3v) is 3.03. The average molecular weight is 235 g/mol. The number of anilines is 1. The van der Waals surface area contributed by atoms with Gasteiger partial charge in [-0.15, -0.1) is 0 Å². The Labute approximate surface area is 103 Å². The lowest BCUT2D eigenvalue weighted by Gasteiger charge is -2.34. The molecule has 2 unspecified atom stereocenters. The van der Waals surface area contributed by atoms with Crippen LogP contribution in [0.1, 0.15) is 19.4 Å². The number of rotatable bonds is 3. The first-order chi connectivity index (χ1) is 8.16. The fraction of sp³-hybridized carbons (Fsp3) is 0.615. The lowest BCUT2D eigenvalue weighted by atomic mass is 10.1. The monoisotopic (exact) mass is 235 g/mol. The largest absolute Gasteiger partial charge is 0.377 e. The minimum Gasteiger partial charge on any atom is -0.377 e. The summed E-state index contributed by atoms with van der Waals surface area (Å²) in [4.78, 5) is 6.81. The Morgan fingerprint density at radius 3 is 3.00 bits per heavy atom. The number of aromatic nitrogens is 1. The van der Waals surface area contributed by atoms with Crippen molar-refractivity contribution in [1.29, 1.82) is 0 Å². The Morgan fingerprint density at radius 2 is 2.41 bits per heavy atom. The van der Waals surface area contributed by atoms with E-state index in [0.717, 1.165) is 32.0 Å². The van der Waals surface area contributed by atoms with Crippen molar-refractivity contribution in [1.82, 2.24) is 4.98 Å². The van der Waals surface area contributed by atoms with E-state index in [1.54, 1.807) is 0 Å². The van der Waals surface area contributed by atoms with Gasteiger partial charge in [0.15, 0.2) is 0 Å². The van der Waals surface area contributed by atoms with Crippen LogP contribution in [-0.4, -0.2) is 36.8 Å². The topological polar surface area (TPSA) is 51.4 Å². The molecular formula is C13H21N3O. The molecule has 1 aromatic heterocycles. The minimum atomic E-state index is 0.185. The zero-order valence-electron chi connectivity index (χ0n) is 10.6. The van der Waals surface area contributed by atoms with Gasteiger partial charge in [0.05, 0.1) is 19.3 Å². The number of hydrogen-bond acceptors (Lipinski definition) is 4. The predicted molar refractivity (Wildman–Crippen MR) is 69.2 cm³/mol. The highest BCUT2D eigenvalue weighted by atomic mass is 16.5. The van der Waals surface area contributed by atoms with Crippen LogP contribution in [0.25, 0.3) is 0 Å². The van der Waals surface area contributed by atoms with E-state index < -0.39 is 0 Å². The highest BCUT2D eigenvalue weighted by Gasteiger charge is 2.19. The molecular weight excluding hydrogens is 214 g/mol. The Balaban J connectivity index is 2.06. The third-order valence-electron chi connectivity index (χ3n) is 3.03. The van der Waals surface area contributed by atoms with Crippen LogP contribution in [0.4, 0.5) is 5.82 Å². The molecule has 0 aromatic carbocycles. The highest BCUT2D eigenvalue weighted by molar-refractivity contribution is 5.41. The molecule has 0 amide bonds. The van der Waals surface area contributed by atoms with Crippen LogP contribution in [0.15, 0.2) is 18.3 Å². The summed E-state index contributed by atoms with van der Waals surface area (Å²) in [6, 6.07) is 4.79. The van der Waals surface area contributed by atoms with Gasteiger partial charge in [0.1, 0.15) is 5.82 Å². The van der Waals surface area contributed by atoms with Crippen molar-refractivity contribution in [3.63, 3.8) is 0 Å². The Hall–Kier alpha value is -1.13. The van der Waals surface area contributed by atoms with Gasteiger partial charge in [-0.25, -0.2) is 4.98 Å². The number of nitrogens with zero attached hydrogens (tertiary/aromatic N) is 2. The van der Waals surface area contributed by atoms with E-state index >= 15 is 0 Å². The summed E-state index contributed by atoms with van der Waals surface area (Å²) in [6.07, 6.45) is 2.81. The molecule has 0 spiro atoms. The van der Waals surface area contributed by atoms with Crippen molar-refractivity contribution in [2.45, 2.75) is 32.4 Å². The summed E-state index contributed by atoms with van der Waals surface area (Å²) in [6.45, 7) is 6.66. The normalized spacial score (nSPS) is 22.5. The molecule has 94 valence electrons. The van der Waals surface area contributed by atoms with Gasteiger partial charge in [-0.3, -0.25) is 0 Å². The second kappa shape index (κ2) is 5.47. The van der Waals surface area contributed by atoms with Gasteiger partial charge in [-0.05, 0) is 31.9 Å². The summed E-state index contributed by atoms with van der Waals surface area (Å²) < 4.78 is 5.42. The van der Waals surface area contributed by atoms with Gasteiger partial charge in [0.25, 0.3) is 0 Å². The van der Waals surface area contributed by atoms with Crippen molar-refractivity contribution >= 4 is 5.82 Å². The van der Waals surface area contributed by atoms with Gasteiger partial charge in [0, 0.05) is 18.8 Å². The van der Waals surface area contributed by atoms with Gasteiger partial charge in [-0.2, -0.15) is 0 Å². The molecule has 2 heterocycles.